The molecule has 22 heteroatoms. The zero-order valence-electron chi connectivity index (χ0n) is 42.5. The van der Waals surface area contributed by atoms with Crippen LogP contribution in [0.5, 0.6) is 0 Å². The molecule has 0 aromatic carbocycles. The van der Waals surface area contributed by atoms with Crippen molar-refractivity contribution in [1.29, 1.82) is 0 Å². The number of unbranched alkanes of at least 4 members (excludes halogenated alkanes) is 13. The van der Waals surface area contributed by atoms with Crippen LogP contribution in [0.3, 0.4) is 0 Å². The molecule has 0 aromatic rings. The number of rotatable bonds is 45. The van der Waals surface area contributed by atoms with Crippen LogP contribution in [0.15, 0.2) is 15.0 Å². The average molecular weight is 993 g/mol. The Kier molecular flexibility index (Phi) is 38.0. The van der Waals surface area contributed by atoms with Crippen LogP contribution >= 0.6 is 0 Å². The molecule has 0 aliphatic rings. The number of hydrogen-bond acceptors (Lipinski definition) is 11. The first-order valence-electron chi connectivity index (χ1n) is 25.7. The molecule has 0 heterocycles. The van der Waals surface area contributed by atoms with E-state index in [0.29, 0.717) is 38.6 Å². The number of ketones is 2. The highest BCUT2D eigenvalue weighted by molar-refractivity contribution is 5.96. The van der Waals surface area contributed by atoms with Gasteiger partial charge in [0, 0.05) is 64.2 Å². The number of Topliss-reactive ketones (excluding diaryl/α,β-unsaturated/α-hetero) is 2. The number of nitrogens with zero attached hydrogens (tertiary/aromatic N) is 3. The maximum absolute atomic E-state index is 14.2. The van der Waals surface area contributed by atoms with E-state index in [1.165, 1.54) is 58.4 Å². The van der Waals surface area contributed by atoms with Crippen molar-refractivity contribution in [1.82, 2.24) is 21.3 Å². The number of nitrogens with two attached hydrogens (primary N) is 7. The van der Waals surface area contributed by atoms with E-state index < -0.39 is 72.2 Å². The summed E-state index contributed by atoms with van der Waals surface area (Å²) in [6.45, 7) is 3.09. The fraction of sp³-hybridized carbons (Fsp3) is 0.792. The van der Waals surface area contributed by atoms with E-state index in [1.54, 1.807) is 0 Å². The lowest BCUT2D eigenvalue weighted by molar-refractivity contribution is -0.138. The van der Waals surface area contributed by atoms with Crippen molar-refractivity contribution in [2.24, 2.45) is 66.9 Å². The van der Waals surface area contributed by atoms with Gasteiger partial charge in [0.25, 0.3) is 0 Å². The minimum absolute atomic E-state index is 0.103. The summed E-state index contributed by atoms with van der Waals surface area (Å²) in [5.41, 5.74) is 38.6. The Bertz CT molecular complexity index is 1620. The van der Waals surface area contributed by atoms with Gasteiger partial charge in [-0.15, -0.1) is 0 Å². The first kappa shape index (κ1) is 64.5. The topological polar surface area (TPSA) is 407 Å². The second kappa shape index (κ2) is 41.3. The molecule has 0 aliphatic heterocycles. The van der Waals surface area contributed by atoms with Crippen molar-refractivity contribution in [3.8, 4) is 0 Å². The SMILES string of the molecule is CCCCCCCCCCCCCCCC(=O)N[C@@H](CCCN=C(N)N)C(=O)N[C@@H](CCC(=O)O)C(=O)C[C@@H](CCCCN)C(=O)N[C@@H](CCCN=C(N)N)C(=O)C[C@@H](CCCN=C(N)N)C(=O)NC. The van der Waals surface area contributed by atoms with Crippen molar-refractivity contribution in [2.45, 2.75) is 198 Å². The van der Waals surface area contributed by atoms with E-state index in [0.717, 1.165) is 25.7 Å². The quantitative estimate of drug-likeness (QED) is 0.0236. The van der Waals surface area contributed by atoms with Crippen LogP contribution < -0.4 is 61.4 Å². The van der Waals surface area contributed by atoms with Crippen molar-refractivity contribution in [2.75, 3.05) is 33.2 Å². The van der Waals surface area contributed by atoms with Gasteiger partial charge in [0.05, 0.1) is 12.1 Å². The summed E-state index contributed by atoms with van der Waals surface area (Å²) in [5.74, 6) is -6.48. The maximum Gasteiger partial charge on any atom is 0.303 e. The summed E-state index contributed by atoms with van der Waals surface area (Å²) >= 11 is 0. The van der Waals surface area contributed by atoms with Crippen molar-refractivity contribution in [3.05, 3.63) is 0 Å². The molecule has 0 unspecified atom stereocenters. The Morgan fingerprint density at radius 1 is 0.457 bits per heavy atom. The molecule has 4 amide bonds. The zero-order chi connectivity index (χ0) is 52.5. The highest BCUT2D eigenvalue weighted by Gasteiger charge is 2.33. The number of carboxylic acids is 1. The van der Waals surface area contributed by atoms with E-state index in [4.69, 9.17) is 40.1 Å². The lowest BCUT2D eigenvalue weighted by Crippen LogP contribution is -2.52. The van der Waals surface area contributed by atoms with Crippen LogP contribution in [0.25, 0.3) is 0 Å². The van der Waals surface area contributed by atoms with E-state index in [9.17, 15) is 38.7 Å². The molecular weight excluding hydrogens is 901 g/mol. The molecular formula is C48H92N14O8. The molecule has 0 rings (SSSR count). The number of amides is 4. The Hall–Kier alpha value is -5.54. The molecule has 402 valence electrons. The third-order valence-electron chi connectivity index (χ3n) is 12.0. The highest BCUT2D eigenvalue weighted by atomic mass is 16.4. The summed E-state index contributed by atoms with van der Waals surface area (Å²) in [7, 11) is 1.45. The van der Waals surface area contributed by atoms with Gasteiger partial charge < -0.3 is 66.5 Å². The molecule has 0 aromatic heterocycles. The minimum atomic E-state index is -1.34. The van der Waals surface area contributed by atoms with Gasteiger partial charge in [-0.1, -0.05) is 90.4 Å². The second-order valence-corrected chi connectivity index (χ2v) is 18.1. The maximum atomic E-state index is 14.2. The third-order valence-corrected chi connectivity index (χ3v) is 12.0. The predicted octanol–water partition coefficient (Wildman–Crippen LogP) is 1.97. The average Bonchev–Trinajstić information content (AvgIpc) is 3.30. The summed E-state index contributed by atoms with van der Waals surface area (Å²) in [5, 5.41) is 20.5. The van der Waals surface area contributed by atoms with Gasteiger partial charge in [0.2, 0.25) is 23.6 Å². The summed E-state index contributed by atoms with van der Waals surface area (Å²) < 4.78 is 0. The van der Waals surface area contributed by atoms with Gasteiger partial charge in [-0.2, -0.15) is 0 Å². The lowest BCUT2D eigenvalue weighted by atomic mass is 9.89. The second-order valence-electron chi connectivity index (χ2n) is 18.1. The minimum Gasteiger partial charge on any atom is -0.481 e. The monoisotopic (exact) mass is 993 g/mol. The first-order chi connectivity index (χ1) is 33.4. The number of aliphatic carboxylic acids is 1. The predicted molar refractivity (Wildman–Crippen MR) is 276 cm³/mol. The molecule has 0 saturated carbocycles. The number of aliphatic imine (C=N–C) groups is 3. The number of carbonyl (C=O) groups excluding carboxylic acids is 6. The summed E-state index contributed by atoms with van der Waals surface area (Å²) in [4.78, 5) is 106. The van der Waals surface area contributed by atoms with Crippen molar-refractivity contribution in [3.63, 3.8) is 0 Å². The zero-order valence-corrected chi connectivity index (χ0v) is 42.5. The molecule has 0 fully saturated rings. The lowest BCUT2D eigenvalue weighted by Gasteiger charge is -2.26. The molecule has 22 nitrogen and oxygen atoms in total. The van der Waals surface area contributed by atoms with Crippen molar-refractivity contribution < 1.29 is 38.7 Å². The molecule has 19 N–H and O–H groups in total. The Balaban J connectivity index is 6.16. The van der Waals surface area contributed by atoms with E-state index in [-0.39, 0.29) is 101 Å². The molecule has 0 aliphatic carbocycles. The molecule has 0 saturated heterocycles. The smallest absolute Gasteiger partial charge is 0.303 e. The Morgan fingerprint density at radius 2 is 0.871 bits per heavy atom. The van der Waals surface area contributed by atoms with Crippen LogP contribution in [0.2, 0.25) is 0 Å². The summed E-state index contributed by atoms with van der Waals surface area (Å²) in [6.07, 6.45) is 16.4. The van der Waals surface area contributed by atoms with Crippen LogP contribution in [-0.4, -0.2) is 116 Å². The van der Waals surface area contributed by atoms with Gasteiger partial charge >= 0.3 is 5.97 Å². The van der Waals surface area contributed by atoms with Crippen LogP contribution in [0.1, 0.15) is 180 Å². The van der Waals surface area contributed by atoms with Gasteiger partial charge in [-0.3, -0.25) is 48.5 Å². The number of carbonyl (C=O) groups is 7. The molecule has 5 atom stereocenters. The van der Waals surface area contributed by atoms with Gasteiger partial charge in [-0.05, 0) is 70.8 Å². The molecule has 0 spiro atoms. The largest absolute Gasteiger partial charge is 0.481 e. The fourth-order valence-corrected chi connectivity index (χ4v) is 8.01. The molecule has 0 bridgehead atoms. The number of guanidine groups is 3. The first-order valence-corrected chi connectivity index (χ1v) is 25.7. The van der Waals surface area contributed by atoms with Crippen LogP contribution in [0.4, 0.5) is 0 Å². The van der Waals surface area contributed by atoms with E-state index >= 15 is 0 Å². The van der Waals surface area contributed by atoms with Gasteiger partial charge in [0.15, 0.2) is 29.4 Å². The van der Waals surface area contributed by atoms with E-state index in [2.05, 4.69) is 43.2 Å². The molecule has 0 radical (unpaired) electrons. The Morgan fingerprint density at radius 3 is 1.33 bits per heavy atom. The van der Waals surface area contributed by atoms with Gasteiger partial charge in [-0.25, -0.2) is 0 Å². The van der Waals surface area contributed by atoms with Crippen LogP contribution in [-0.2, 0) is 33.6 Å². The van der Waals surface area contributed by atoms with Crippen LogP contribution in [0, 0.1) is 11.8 Å². The number of hydrogen-bond donors (Lipinski definition) is 12. The highest BCUT2D eigenvalue weighted by Crippen LogP contribution is 2.20. The third kappa shape index (κ3) is 34.7. The Labute approximate surface area is 416 Å². The standard InChI is InChI=1S/C48H92N14O8/c1-3-4-5-6-7-8-9-10-11-12-13-14-15-25-41(65)60-38(24-20-31-59-48(54)55)45(70)62-37(26-27-42(66)67)40(64)33-35(21-16-17-28-49)44(69)61-36(23-19-30-58-47(52)53)39(63)32-34(43(68)56-2)22-18-29-57-46(50)51/h34-38H,3-33,49H2,1-2H3,(H,56,68)(H,60,65)(H,61,69)(H,62,70)(H,66,67)(H4,50,51,57)(H4,52,53,58)(H4,54,55,59)/t34-,35-,36+,37+,38+/m1/s1. The van der Waals surface area contributed by atoms with E-state index in [1.807, 2.05) is 0 Å². The van der Waals surface area contributed by atoms with Crippen molar-refractivity contribution >= 4 is 59.0 Å². The molecule has 70 heavy (non-hydrogen) atoms. The fourth-order valence-electron chi connectivity index (χ4n) is 8.01. The summed E-state index contributed by atoms with van der Waals surface area (Å²) in [6, 6.07) is -3.52. The number of nitrogens with one attached hydrogen (secondary N) is 4. The number of carboxylic acid groups (broad SMARTS) is 1. The van der Waals surface area contributed by atoms with Gasteiger partial charge in [0.1, 0.15) is 6.04 Å². The normalized spacial score (nSPS) is 13.1.